The number of carbonyl (C=O) groups is 1. The first-order valence-corrected chi connectivity index (χ1v) is 7.19. The van der Waals surface area contributed by atoms with Crippen LogP contribution in [0.4, 0.5) is 0 Å². The number of amides is 1. The number of hydrogen-bond acceptors (Lipinski definition) is 3. The van der Waals surface area contributed by atoms with Crippen LogP contribution < -0.4 is 5.32 Å². The van der Waals surface area contributed by atoms with Crippen LogP contribution in [0, 0.1) is 0 Å². The van der Waals surface area contributed by atoms with Crippen molar-refractivity contribution in [2.45, 2.75) is 26.2 Å². The number of phenolic OH excluding ortho intramolecular Hbond substituents is 1. The van der Waals surface area contributed by atoms with E-state index in [1.807, 2.05) is 18.2 Å². The minimum atomic E-state index is -0.105. The molecule has 5 nitrogen and oxygen atoms in total. The Morgan fingerprint density at radius 2 is 2.00 bits per heavy atom. The Kier molecular flexibility index (Phi) is 4.98. The molecule has 5 heteroatoms. The number of rotatable bonds is 6. The standard InChI is InChI=1S/C16H21N3O2/c1-3-4-13-11-15(19(2)18-13)16(21)17-10-9-12-5-7-14(20)8-6-12/h5-8,11,20H,3-4,9-10H2,1-2H3,(H,17,21). The average Bonchev–Trinajstić information content (AvgIpc) is 2.82. The van der Waals surface area contributed by atoms with Gasteiger partial charge in [-0.2, -0.15) is 5.10 Å². The summed E-state index contributed by atoms with van der Waals surface area (Å²) in [6, 6.07) is 8.85. The number of carbonyl (C=O) groups excluding carboxylic acids is 1. The maximum atomic E-state index is 12.1. The zero-order valence-corrected chi connectivity index (χ0v) is 12.5. The summed E-state index contributed by atoms with van der Waals surface area (Å²) in [6.07, 6.45) is 2.62. The Morgan fingerprint density at radius 1 is 1.29 bits per heavy atom. The van der Waals surface area contributed by atoms with Crippen molar-refractivity contribution in [3.05, 3.63) is 47.3 Å². The number of benzene rings is 1. The molecule has 0 aliphatic rings. The fourth-order valence-electron chi connectivity index (χ4n) is 2.19. The monoisotopic (exact) mass is 287 g/mol. The van der Waals surface area contributed by atoms with Crippen molar-refractivity contribution in [2.75, 3.05) is 6.54 Å². The summed E-state index contributed by atoms with van der Waals surface area (Å²) < 4.78 is 1.63. The molecule has 1 heterocycles. The molecule has 2 rings (SSSR count). The van der Waals surface area contributed by atoms with E-state index in [-0.39, 0.29) is 11.7 Å². The molecule has 1 aromatic heterocycles. The van der Waals surface area contributed by atoms with Gasteiger partial charge in [-0.25, -0.2) is 0 Å². The first kappa shape index (κ1) is 15.1. The van der Waals surface area contributed by atoms with Crippen LogP contribution >= 0.6 is 0 Å². The maximum absolute atomic E-state index is 12.1. The van der Waals surface area contributed by atoms with Crippen molar-refractivity contribution < 1.29 is 9.90 Å². The number of phenols is 1. The molecule has 0 spiro atoms. The second-order valence-corrected chi connectivity index (χ2v) is 5.07. The van der Waals surface area contributed by atoms with E-state index in [2.05, 4.69) is 17.3 Å². The van der Waals surface area contributed by atoms with Gasteiger partial charge in [0, 0.05) is 13.6 Å². The van der Waals surface area contributed by atoms with Gasteiger partial charge in [0.15, 0.2) is 0 Å². The van der Waals surface area contributed by atoms with E-state index in [1.165, 1.54) is 0 Å². The molecule has 0 saturated heterocycles. The topological polar surface area (TPSA) is 67.2 Å². The Morgan fingerprint density at radius 3 is 2.67 bits per heavy atom. The van der Waals surface area contributed by atoms with Crippen LogP contribution in [0.15, 0.2) is 30.3 Å². The van der Waals surface area contributed by atoms with E-state index in [0.717, 1.165) is 30.5 Å². The van der Waals surface area contributed by atoms with Crippen LogP contribution in [0.2, 0.25) is 0 Å². The number of hydrogen-bond donors (Lipinski definition) is 2. The number of aryl methyl sites for hydroxylation is 2. The second kappa shape index (κ2) is 6.92. The highest BCUT2D eigenvalue weighted by Crippen LogP contribution is 2.10. The van der Waals surface area contributed by atoms with Gasteiger partial charge in [-0.3, -0.25) is 9.48 Å². The van der Waals surface area contributed by atoms with Gasteiger partial charge in [0.2, 0.25) is 0 Å². The predicted octanol–water partition coefficient (Wildman–Crippen LogP) is 2.05. The molecule has 2 aromatic rings. The van der Waals surface area contributed by atoms with Crippen molar-refractivity contribution in [3.63, 3.8) is 0 Å². The van der Waals surface area contributed by atoms with Gasteiger partial charge >= 0.3 is 0 Å². The second-order valence-electron chi connectivity index (χ2n) is 5.07. The van der Waals surface area contributed by atoms with E-state index in [4.69, 9.17) is 0 Å². The smallest absolute Gasteiger partial charge is 0.269 e. The fourth-order valence-corrected chi connectivity index (χ4v) is 2.19. The first-order chi connectivity index (χ1) is 10.1. The molecular formula is C16H21N3O2. The molecule has 21 heavy (non-hydrogen) atoms. The van der Waals surface area contributed by atoms with Crippen molar-refractivity contribution >= 4 is 5.91 Å². The molecule has 0 aliphatic carbocycles. The lowest BCUT2D eigenvalue weighted by Crippen LogP contribution is -2.27. The third-order valence-electron chi connectivity index (χ3n) is 3.30. The molecule has 1 aromatic carbocycles. The number of nitrogens with zero attached hydrogens (tertiary/aromatic N) is 2. The van der Waals surface area contributed by atoms with Gasteiger partial charge in [0.1, 0.15) is 11.4 Å². The van der Waals surface area contributed by atoms with Crippen LogP contribution in [0.3, 0.4) is 0 Å². The molecule has 0 atom stereocenters. The summed E-state index contributed by atoms with van der Waals surface area (Å²) in [7, 11) is 1.79. The highest BCUT2D eigenvalue weighted by molar-refractivity contribution is 5.92. The molecule has 0 fully saturated rings. The van der Waals surface area contributed by atoms with Crippen molar-refractivity contribution in [2.24, 2.45) is 7.05 Å². The van der Waals surface area contributed by atoms with Crippen molar-refractivity contribution in [3.8, 4) is 5.75 Å². The molecule has 0 unspecified atom stereocenters. The minimum Gasteiger partial charge on any atom is -0.508 e. The van der Waals surface area contributed by atoms with Gasteiger partial charge in [0.05, 0.1) is 5.69 Å². The van der Waals surface area contributed by atoms with Crippen molar-refractivity contribution in [1.82, 2.24) is 15.1 Å². The quantitative estimate of drug-likeness (QED) is 0.854. The maximum Gasteiger partial charge on any atom is 0.269 e. The Bertz CT molecular complexity index is 602. The Balaban J connectivity index is 1.88. The van der Waals surface area contributed by atoms with Gasteiger partial charge in [-0.15, -0.1) is 0 Å². The van der Waals surface area contributed by atoms with E-state index in [9.17, 15) is 9.90 Å². The zero-order chi connectivity index (χ0) is 15.2. The zero-order valence-electron chi connectivity index (χ0n) is 12.5. The number of nitrogens with one attached hydrogen (secondary N) is 1. The van der Waals surface area contributed by atoms with E-state index in [0.29, 0.717) is 12.2 Å². The molecule has 112 valence electrons. The van der Waals surface area contributed by atoms with Gasteiger partial charge < -0.3 is 10.4 Å². The molecule has 0 radical (unpaired) electrons. The van der Waals surface area contributed by atoms with Crippen molar-refractivity contribution in [1.29, 1.82) is 0 Å². The molecule has 2 N–H and O–H groups in total. The fraction of sp³-hybridized carbons (Fsp3) is 0.375. The summed E-state index contributed by atoms with van der Waals surface area (Å²) in [6.45, 7) is 2.64. The Hall–Kier alpha value is -2.30. The molecule has 1 amide bonds. The number of aromatic hydroxyl groups is 1. The van der Waals surface area contributed by atoms with Crippen LogP contribution in [0.25, 0.3) is 0 Å². The van der Waals surface area contributed by atoms with Gasteiger partial charge in [-0.05, 0) is 36.6 Å². The minimum absolute atomic E-state index is 0.105. The lowest BCUT2D eigenvalue weighted by molar-refractivity contribution is 0.0944. The summed E-state index contributed by atoms with van der Waals surface area (Å²) in [5.74, 6) is 0.146. The number of aromatic nitrogens is 2. The third kappa shape index (κ3) is 4.08. The average molecular weight is 287 g/mol. The van der Waals surface area contributed by atoms with Crippen LogP contribution in [0.1, 0.15) is 35.1 Å². The van der Waals surface area contributed by atoms with Gasteiger partial charge in [-0.1, -0.05) is 25.5 Å². The lowest BCUT2D eigenvalue weighted by atomic mass is 10.1. The molecule has 0 saturated carbocycles. The van der Waals surface area contributed by atoms with Crippen LogP contribution in [0.5, 0.6) is 5.75 Å². The summed E-state index contributed by atoms with van der Waals surface area (Å²) in [5, 5.41) is 16.4. The predicted molar refractivity (Wildman–Crippen MR) is 81.3 cm³/mol. The first-order valence-electron chi connectivity index (χ1n) is 7.19. The lowest BCUT2D eigenvalue weighted by Gasteiger charge is -2.05. The highest BCUT2D eigenvalue weighted by Gasteiger charge is 2.12. The summed E-state index contributed by atoms with van der Waals surface area (Å²) >= 11 is 0. The van der Waals surface area contributed by atoms with Crippen LogP contribution in [-0.4, -0.2) is 27.3 Å². The summed E-state index contributed by atoms with van der Waals surface area (Å²) in [4.78, 5) is 12.1. The molecule has 0 aliphatic heterocycles. The summed E-state index contributed by atoms with van der Waals surface area (Å²) in [5.41, 5.74) is 2.61. The molecular weight excluding hydrogens is 266 g/mol. The molecule has 0 bridgehead atoms. The largest absolute Gasteiger partial charge is 0.508 e. The van der Waals surface area contributed by atoms with Crippen LogP contribution in [-0.2, 0) is 19.9 Å². The van der Waals surface area contributed by atoms with E-state index in [1.54, 1.807) is 23.9 Å². The third-order valence-corrected chi connectivity index (χ3v) is 3.30. The SMILES string of the molecule is CCCc1cc(C(=O)NCCc2ccc(O)cc2)n(C)n1. The van der Waals surface area contributed by atoms with E-state index >= 15 is 0 Å². The van der Waals surface area contributed by atoms with Gasteiger partial charge in [0.25, 0.3) is 5.91 Å². The normalized spacial score (nSPS) is 10.6. The highest BCUT2D eigenvalue weighted by atomic mass is 16.3. The Labute approximate surface area is 124 Å². The van der Waals surface area contributed by atoms with E-state index < -0.39 is 0 Å².